The van der Waals surface area contributed by atoms with Crippen molar-refractivity contribution in [1.29, 1.82) is 0 Å². The number of hydrogen-bond donors (Lipinski definition) is 3. The zero-order valence-electron chi connectivity index (χ0n) is 14.2. The number of thiophene rings is 1. The van der Waals surface area contributed by atoms with Gasteiger partial charge in [-0.1, -0.05) is 6.07 Å². The first-order valence-corrected chi connectivity index (χ1v) is 9.86. The summed E-state index contributed by atoms with van der Waals surface area (Å²) in [4.78, 5) is 49.2. The smallest absolute Gasteiger partial charge is 0.352 e. The molecule has 2 aliphatic heterocycles. The maximum Gasteiger partial charge on any atom is 0.352 e. The average molecular weight is 411 g/mol. The van der Waals surface area contributed by atoms with Gasteiger partial charge in [0.2, 0.25) is 5.91 Å². The third-order valence-electron chi connectivity index (χ3n) is 4.13. The summed E-state index contributed by atoms with van der Waals surface area (Å²) in [6, 6.07) is 1.76. The molecule has 1 aromatic heterocycles. The minimum Gasteiger partial charge on any atom is -0.477 e. The molecule has 1 aromatic rings. The van der Waals surface area contributed by atoms with Crippen LogP contribution >= 0.6 is 23.1 Å². The number of fused-ring (bicyclic) bond motifs is 1. The van der Waals surface area contributed by atoms with Gasteiger partial charge in [-0.15, -0.1) is 23.1 Å². The summed E-state index contributed by atoms with van der Waals surface area (Å²) >= 11 is 2.63. The standard InChI is InChI=1S/C16H17N3O6S2/c1-7(20)25-5-8-6-27-15-11(14(22)19(15)12(8)16(23)24)18-13(21)10(17)9-3-2-4-26-9/h2-4,10-11,15H,5-6,17H2,1H3,(H,18,21)(H,23,24). The van der Waals surface area contributed by atoms with Crippen molar-refractivity contribution in [2.75, 3.05) is 12.4 Å². The van der Waals surface area contributed by atoms with Gasteiger partial charge in [0.15, 0.2) is 0 Å². The third-order valence-corrected chi connectivity index (χ3v) is 6.42. The lowest BCUT2D eigenvalue weighted by Crippen LogP contribution is -2.71. The largest absolute Gasteiger partial charge is 0.477 e. The van der Waals surface area contributed by atoms with Crippen molar-refractivity contribution in [3.05, 3.63) is 33.7 Å². The van der Waals surface area contributed by atoms with Crippen LogP contribution in [0.25, 0.3) is 0 Å². The maximum atomic E-state index is 12.5. The Morgan fingerprint density at radius 2 is 2.22 bits per heavy atom. The second kappa shape index (κ2) is 7.71. The van der Waals surface area contributed by atoms with E-state index in [4.69, 9.17) is 10.5 Å². The SMILES string of the molecule is CC(=O)OCC1=C(C(=O)O)N2C(=O)C(NC(=O)C(N)c3cccs3)C2SC1. The first-order valence-electron chi connectivity index (χ1n) is 7.94. The molecule has 4 N–H and O–H groups in total. The Balaban J connectivity index is 1.72. The number of β-lactam (4-membered cyclic amide) rings is 1. The Hall–Kier alpha value is -2.37. The van der Waals surface area contributed by atoms with E-state index in [1.807, 2.05) is 0 Å². The second-order valence-corrected chi connectivity index (χ2v) is 8.01. The first kappa shape index (κ1) is 19.4. The molecule has 3 heterocycles. The maximum absolute atomic E-state index is 12.5. The van der Waals surface area contributed by atoms with Crippen molar-refractivity contribution in [2.24, 2.45) is 5.73 Å². The van der Waals surface area contributed by atoms with Gasteiger partial charge < -0.3 is 20.9 Å². The number of carbonyl (C=O) groups excluding carboxylic acids is 3. The van der Waals surface area contributed by atoms with Gasteiger partial charge in [0.1, 0.15) is 29.8 Å². The molecule has 0 bridgehead atoms. The quantitative estimate of drug-likeness (QED) is 0.441. The Kier molecular flexibility index (Phi) is 5.53. The molecule has 3 rings (SSSR count). The van der Waals surface area contributed by atoms with E-state index in [0.717, 1.165) is 4.90 Å². The van der Waals surface area contributed by atoms with Gasteiger partial charge in [0.25, 0.3) is 5.91 Å². The fourth-order valence-electron chi connectivity index (χ4n) is 2.82. The number of esters is 1. The number of ether oxygens (including phenoxy) is 1. The average Bonchev–Trinajstić information content (AvgIpc) is 3.16. The van der Waals surface area contributed by atoms with Crippen molar-refractivity contribution in [1.82, 2.24) is 10.2 Å². The molecule has 1 fully saturated rings. The highest BCUT2D eigenvalue weighted by atomic mass is 32.2. The number of thioether (sulfide) groups is 1. The Morgan fingerprint density at radius 1 is 1.48 bits per heavy atom. The molecule has 3 unspecified atom stereocenters. The predicted molar refractivity (Wildman–Crippen MR) is 97.6 cm³/mol. The fraction of sp³-hybridized carbons (Fsp3) is 0.375. The van der Waals surface area contributed by atoms with Crippen molar-refractivity contribution in [3.63, 3.8) is 0 Å². The molecule has 0 saturated carbocycles. The number of carbonyl (C=O) groups is 4. The number of nitrogens with two attached hydrogens (primary N) is 1. The van der Waals surface area contributed by atoms with Crippen molar-refractivity contribution in [2.45, 2.75) is 24.4 Å². The van der Waals surface area contributed by atoms with Gasteiger partial charge in [-0.3, -0.25) is 19.3 Å². The van der Waals surface area contributed by atoms with Crippen LogP contribution in [-0.4, -0.2) is 57.5 Å². The molecule has 27 heavy (non-hydrogen) atoms. The lowest BCUT2D eigenvalue weighted by molar-refractivity contribution is -0.151. The summed E-state index contributed by atoms with van der Waals surface area (Å²) < 4.78 is 4.87. The zero-order valence-corrected chi connectivity index (χ0v) is 15.8. The first-order chi connectivity index (χ1) is 12.8. The van der Waals surface area contributed by atoms with Crippen LogP contribution in [0.5, 0.6) is 0 Å². The topological polar surface area (TPSA) is 139 Å². The Bertz CT molecular complexity index is 822. The molecule has 0 radical (unpaired) electrons. The van der Waals surface area contributed by atoms with E-state index in [9.17, 15) is 24.3 Å². The molecule has 144 valence electrons. The summed E-state index contributed by atoms with van der Waals surface area (Å²) in [6.45, 7) is 1.03. The van der Waals surface area contributed by atoms with E-state index >= 15 is 0 Å². The normalized spacial score (nSPS) is 22.6. The summed E-state index contributed by atoms with van der Waals surface area (Å²) in [5.74, 6) is -2.58. The number of carboxylic acids is 1. The van der Waals surface area contributed by atoms with Gasteiger partial charge in [-0.05, 0) is 11.4 Å². The lowest BCUT2D eigenvalue weighted by Gasteiger charge is -2.49. The Labute approximate surface area is 162 Å². The predicted octanol–water partition coefficient (Wildman–Crippen LogP) is 0.0496. The van der Waals surface area contributed by atoms with Crippen LogP contribution in [0.15, 0.2) is 28.8 Å². The minimum absolute atomic E-state index is 0.194. The van der Waals surface area contributed by atoms with Crippen molar-refractivity contribution < 1.29 is 29.0 Å². The summed E-state index contributed by atoms with van der Waals surface area (Å²) in [5, 5.41) is 13.4. The molecular weight excluding hydrogens is 394 g/mol. The highest BCUT2D eigenvalue weighted by Crippen LogP contribution is 2.40. The number of rotatable bonds is 6. The fourth-order valence-corrected chi connectivity index (χ4v) is 4.88. The third kappa shape index (κ3) is 3.70. The van der Waals surface area contributed by atoms with Crippen LogP contribution in [0, 0.1) is 0 Å². The van der Waals surface area contributed by atoms with Crippen LogP contribution in [0.2, 0.25) is 0 Å². The van der Waals surface area contributed by atoms with Crippen LogP contribution < -0.4 is 11.1 Å². The molecule has 2 aliphatic rings. The van der Waals surface area contributed by atoms with Crippen LogP contribution in [0.3, 0.4) is 0 Å². The summed E-state index contributed by atoms with van der Waals surface area (Å²) in [6.07, 6.45) is 0. The second-order valence-electron chi connectivity index (χ2n) is 5.93. The molecule has 9 nitrogen and oxygen atoms in total. The Morgan fingerprint density at radius 3 is 2.81 bits per heavy atom. The molecular formula is C16H17N3O6S2. The van der Waals surface area contributed by atoms with E-state index in [-0.39, 0.29) is 18.1 Å². The monoisotopic (exact) mass is 411 g/mol. The number of amides is 2. The van der Waals surface area contributed by atoms with E-state index < -0.39 is 41.2 Å². The molecule has 3 atom stereocenters. The van der Waals surface area contributed by atoms with Gasteiger partial charge in [-0.2, -0.15) is 0 Å². The number of nitrogens with one attached hydrogen (secondary N) is 1. The highest BCUT2D eigenvalue weighted by molar-refractivity contribution is 8.00. The molecule has 11 heteroatoms. The van der Waals surface area contributed by atoms with Gasteiger partial charge in [-0.25, -0.2) is 4.79 Å². The molecule has 0 aromatic carbocycles. The summed E-state index contributed by atoms with van der Waals surface area (Å²) in [7, 11) is 0. The highest BCUT2D eigenvalue weighted by Gasteiger charge is 2.54. The van der Waals surface area contributed by atoms with Crippen molar-refractivity contribution in [3.8, 4) is 0 Å². The molecule has 2 amide bonds. The van der Waals surface area contributed by atoms with Crippen LogP contribution in [0.1, 0.15) is 17.8 Å². The number of carboxylic acid groups (broad SMARTS) is 1. The van der Waals surface area contributed by atoms with Crippen molar-refractivity contribution >= 4 is 46.9 Å². The van der Waals surface area contributed by atoms with Crippen LogP contribution in [0.4, 0.5) is 0 Å². The van der Waals surface area contributed by atoms with E-state index in [1.165, 1.54) is 30.0 Å². The van der Waals surface area contributed by atoms with Gasteiger partial charge in [0, 0.05) is 23.1 Å². The molecule has 0 spiro atoms. The van der Waals surface area contributed by atoms with E-state index in [1.54, 1.807) is 17.5 Å². The van der Waals surface area contributed by atoms with E-state index in [0.29, 0.717) is 10.5 Å². The zero-order chi connectivity index (χ0) is 19.7. The lowest BCUT2D eigenvalue weighted by atomic mass is 10.0. The number of nitrogens with zero attached hydrogens (tertiary/aromatic N) is 1. The molecule has 1 saturated heterocycles. The summed E-state index contributed by atoms with van der Waals surface area (Å²) in [5.41, 5.74) is 6.05. The minimum atomic E-state index is -1.28. The number of hydrogen-bond acceptors (Lipinski definition) is 8. The van der Waals surface area contributed by atoms with Gasteiger partial charge in [0.05, 0.1) is 0 Å². The van der Waals surface area contributed by atoms with E-state index in [2.05, 4.69) is 5.32 Å². The van der Waals surface area contributed by atoms with Crippen LogP contribution in [-0.2, 0) is 23.9 Å². The number of aliphatic carboxylic acids is 1. The molecule has 0 aliphatic carbocycles. The van der Waals surface area contributed by atoms with Gasteiger partial charge >= 0.3 is 11.9 Å².